The van der Waals surface area contributed by atoms with E-state index in [1.54, 1.807) is 0 Å². The monoisotopic (exact) mass is 512 g/mol. The summed E-state index contributed by atoms with van der Waals surface area (Å²) >= 11 is 0. The topological polar surface area (TPSA) is 0 Å². The third-order valence-electron chi connectivity index (χ3n) is 6.68. The lowest BCUT2D eigenvalue weighted by molar-refractivity contribution is 0.918. The smallest absolute Gasteiger partial charge is 0.0256 e. The lowest BCUT2D eigenvalue weighted by Gasteiger charge is -2.01. The van der Waals surface area contributed by atoms with E-state index in [9.17, 15) is 0 Å². The molecule has 0 saturated heterocycles. The predicted molar refractivity (Wildman–Crippen MR) is 176 cm³/mol. The third kappa shape index (κ3) is 12.0. The maximum Gasteiger partial charge on any atom is -0.0256 e. The van der Waals surface area contributed by atoms with E-state index in [1.165, 1.54) is 50.1 Å². The fourth-order valence-corrected chi connectivity index (χ4v) is 4.14. The van der Waals surface area contributed by atoms with Crippen molar-refractivity contribution in [2.75, 3.05) is 0 Å². The number of hydrogen-bond acceptors (Lipinski definition) is 0. The first kappa shape index (κ1) is 29.7. The molecule has 0 spiro atoms. The van der Waals surface area contributed by atoms with Crippen LogP contribution in [0.15, 0.2) is 114 Å². The molecule has 0 aliphatic carbocycles. The Morgan fingerprint density at radius 1 is 0.487 bits per heavy atom. The number of allylic oxidation sites excluding steroid dienone is 7. The molecular formula is C39H44. The Balaban J connectivity index is 1.45. The van der Waals surface area contributed by atoms with Crippen LogP contribution in [0.1, 0.15) is 86.8 Å². The van der Waals surface area contributed by atoms with Crippen LogP contribution in [0.4, 0.5) is 0 Å². The Hall–Kier alpha value is -3.90. The van der Waals surface area contributed by atoms with Gasteiger partial charge in [-0.1, -0.05) is 150 Å². The Kier molecular flexibility index (Phi) is 12.3. The Labute approximate surface area is 237 Å². The quantitative estimate of drug-likeness (QED) is 0.129. The molecule has 0 aliphatic rings. The first-order valence-electron chi connectivity index (χ1n) is 14.1. The molecule has 0 nitrogen and oxygen atoms in total. The third-order valence-corrected chi connectivity index (χ3v) is 6.68. The Morgan fingerprint density at radius 2 is 0.872 bits per heavy atom. The average Bonchev–Trinajstić information content (AvgIpc) is 2.93. The maximum atomic E-state index is 2.39. The Morgan fingerprint density at radius 3 is 1.33 bits per heavy atom. The first-order chi connectivity index (χ1) is 18.9. The maximum absolute atomic E-state index is 2.39. The van der Waals surface area contributed by atoms with Gasteiger partial charge in [0.2, 0.25) is 0 Å². The van der Waals surface area contributed by atoms with Gasteiger partial charge in [0, 0.05) is 0 Å². The van der Waals surface area contributed by atoms with Gasteiger partial charge in [-0.3, -0.25) is 0 Å². The Bertz CT molecular complexity index is 1330. The molecule has 200 valence electrons. The fourth-order valence-electron chi connectivity index (χ4n) is 4.14. The summed E-state index contributed by atoms with van der Waals surface area (Å²) in [7, 11) is 0. The van der Waals surface area contributed by atoms with Crippen LogP contribution >= 0.6 is 0 Å². The van der Waals surface area contributed by atoms with Gasteiger partial charge < -0.3 is 0 Å². The number of aryl methyl sites for hydroxylation is 1. The largest absolute Gasteiger partial charge is 0.0856 e. The van der Waals surface area contributed by atoms with Crippen LogP contribution in [-0.4, -0.2) is 0 Å². The molecule has 0 atom stereocenters. The molecular weight excluding hydrogens is 468 g/mol. The molecule has 0 amide bonds. The van der Waals surface area contributed by atoms with E-state index in [2.05, 4.69) is 162 Å². The van der Waals surface area contributed by atoms with Crippen molar-refractivity contribution in [1.29, 1.82) is 0 Å². The highest BCUT2D eigenvalue weighted by Gasteiger charge is 1.94. The first-order valence-corrected chi connectivity index (χ1v) is 14.1. The van der Waals surface area contributed by atoms with E-state index in [0.717, 1.165) is 25.7 Å². The van der Waals surface area contributed by atoms with Crippen molar-refractivity contribution < 1.29 is 0 Å². The molecule has 0 unspecified atom stereocenters. The normalized spacial score (nSPS) is 12.6. The second-order valence-electron chi connectivity index (χ2n) is 10.7. The number of rotatable bonds is 12. The van der Waals surface area contributed by atoms with Crippen LogP contribution in [0.5, 0.6) is 0 Å². The summed E-state index contributed by atoms with van der Waals surface area (Å²) in [6, 6.07) is 26.0. The average molecular weight is 513 g/mol. The summed E-state index contributed by atoms with van der Waals surface area (Å²) in [5.41, 5.74) is 11.6. The molecule has 0 saturated carbocycles. The second-order valence-corrected chi connectivity index (χ2v) is 10.7. The van der Waals surface area contributed by atoms with E-state index in [0.29, 0.717) is 0 Å². The number of hydrogen-bond donors (Lipinski definition) is 0. The van der Waals surface area contributed by atoms with Gasteiger partial charge >= 0.3 is 0 Å². The van der Waals surface area contributed by atoms with Crippen LogP contribution in [0, 0.1) is 6.92 Å². The minimum Gasteiger partial charge on any atom is -0.0856 e. The van der Waals surface area contributed by atoms with E-state index in [4.69, 9.17) is 0 Å². The van der Waals surface area contributed by atoms with Crippen molar-refractivity contribution in [3.05, 3.63) is 147 Å². The van der Waals surface area contributed by atoms with Crippen LogP contribution < -0.4 is 0 Å². The molecule has 3 rings (SSSR count). The zero-order valence-corrected chi connectivity index (χ0v) is 24.5. The lowest BCUT2D eigenvalue weighted by Crippen LogP contribution is -1.80. The summed E-state index contributed by atoms with van der Waals surface area (Å²) < 4.78 is 0. The van der Waals surface area contributed by atoms with Gasteiger partial charge in [-0.25, -0.2) is 0 Å². The molecule has 0 aromatic heterocycles. The molecule has 0 heterocycles. The molecule has 3 aromatic rings. The molecule has 0 N–H and O–H groups in total. The van der Waals surface area contributed by atoms with Crippen LogP contribution in [0.25, 0.3) is 30.4 Å². The zero-order chi connectivity index (χ0) is 27.9. The SMILES string of the molecule is CC(C)=CCC/C(C)=C/CC/C(C)=C/C=C/c1ccc(/C=C/c2ccc(/C=C/c3ccc(C)cc3)cc2)cc1. The fraction of sp³-hybridized carbons (Fsp3) is 0.231. The van der Waals surface area contributed by atoms with Crippen LogP contribution in [-0.2, 0) is 0 Å². The van der Waals surface area contributed by atoms with Gasteiger partial charge in [0.25, 0.3) is 0 Å². The van der Waals surface area contributed by atoms with Gasteiger partial charge in [-0.2, -0.15) is 0 Å². The molecule has 0 aliphatic heterocycles. The van der Waals surface area contributed by atoms with Gasteiger partial charge in [-0.15, -0.1) is 0 Å². The van der Waals surface area contributed by atoms with Crippen molar-refractivity contribution in [2.45, 2.75) is 60.3 Å². The summed E-state index contributed by atoms with van der Waals surface area (Å²) in [6.45, 7) is 10.9. The lowest BCUT2D eigenvalue weighted by atomic mass is 10.1. The second kappa shape index (κ2) is 16.1. The highest BCUT2D eigenvalue weighted by Crippen LogP contribution is 2.15. The van der Waals surface area contributed by atoms with E-state index in [1.807, 2.05) is 0 Å². The molecule has 0 heteroatoms. The van der Waals surface area contributed by atoms with Gasteiger partial charge in [-0.05, 0) is 88.1 Å². The van der Waals surface area contributed by atoms with Crippen molar-refractivity contribution in [3.63, 3.8) is 0 Å². The molecule has 0 radical (unpaired) electrons. The van der Waals surface area contributed by atoms with Crippen molar-refractivity contribution in [2.24, 2.45) is 0 Å². The van der Waals surface area contributed by atoms with E-state index >= 15 is 0 Å². The van der Waals surface area contributed by atoms with Crippen molar-refractivity contribution in [1.82, 2.24) is 0 Å². The van der Waals surface area contributed by atoms with Crippen LogP contribution in [0.2, 0.25) is 0 Å². The standard InChI is InChI=1S/C39H44/c1-31(2)9-6-10-32(3)11-7-12-33(4)13-8-14-35-19-21-37(22-20-35)25-26-39-29-27-38(28-30-39)24-23-36-17-15-34(5)16-18-36/h8-9,11,13-30H,6-7,10,12H2,1-5H3/b14-8+,24-23+,26-25+,32-11+,33-13+. The zero-order valence-electron chi connectivity index (χ0n) is 24.5. The molecule has 3 aromatic carbocycles. The summed E-state index contributed by atoms with van der Waals surface area (Å²) in [5.74, 6) is 0. The van der Waals surface area contributed by atoms with Crippen LogP contribution in [0.3, 0.4) is 0 Å². The summed E-state index contributed by atoms with van der Waals surface area (Å²) in [4.78, 5) is 0. The minimum atomic E-state index is 1.11. The van der Waals surface area contributed by atoms with Gasteiger partial charge in [0.05, 0.1) is 0 Å². The highest BCUT2D eigenvalue weighted by atomic mass is 14.0. The van der Waals surface area contributed by atoms with Crippen molar-refractivity contribution >= 4 is 30.4 Å². The summed E-state index contributed by atoms with van der Waals surface area (Å²) in [5, 5.41) is 0. The molecule has 0 bridgehead atoms. The molecule has 39 heavy (non-hydrogen) atoms. The minimum absolute atomic E-state index is 1.11. The van der Waals surface area contributed by atoms with E-state index < -0.39 is 0 Å². The van der Waals surface area contributed by atoms with Gasteiger partial charge in [0.15, 0.2) is 0 Å². The highest BCUT2D eigenvalue weighted by molar-refractivity contribution is 5.73. The summed E-state index contributed by atoms with van der Waals surface area (Å²) in [6.07, 6.45) is 24.5. The van der Waals surface area contributed by atoms with E-state index in [-0.39, 0.29) is 0 Å². The predicted octanol–water partition coefficient (Wildman–Crippen LogP) is 11.8. The number of benzene rings is 3. The van der Waals surface area contributed by atoms with Crippen molar-refractivity contribution in [3.8, 4) is 0 Å². The van der Waals surface area contributed by atoms with Gasteiger partial charge in [0.1, 0.15) is 0 Å². The molecule has 0 fully saturated rings.